The van der Waals surface area contributed by atoms with Crippen molar-refractivity contribution in [3.63, 3.8) is 0 Å². The van der Waals surface area contributed by atoms with E-state index in [2.05, 4.69) is 72.8 Å². The van der Waals surface area contributed by atoms with E-state index in [1.165, 1.54) is 44.2 Å². The summed E-state index contributed by atoms with van der Waals surface area (Å²) in [6.45, 7) is 0. The first-order valence-electron chi connectivity index (χ1n) is 7.89. The summed E-state index contributed by atoms with van der Waals surface area (Å²) in [5.41, 5.74) is 8.57. The smallest absolute Gasteiger partial charge is 0.00130 e. The highest BCUT2D eigenvalue weighted by atomic mass is 14.2. The minimum atomic E-state index is 1.06. The van der Waals surface area contributed by atoms with Crippen molar-refractivity contribution >= 4 is 16.3 Å². The molecule has 0 bridgehead atoms. The number of hydrogen-bond donors (Lipinski definition) is 0. The fraction of sp³-hybridized carbons (Fsp3) is 0.0909. The van der Waals surface area contributed by atoms with Crippen molar-refractivity contribution in [1.29, 1.82) is 0 Å². The van der Waals surface area contributed by atoms with Crippen LogP contribution in [0.3, 0.4) is 0 Å². The summed E-state index contributed by atoms with van der Waals surface area (Å²) in [6.07, 6.45) is 8.74. The van der Waals surface area contributed by atoms with E-state index in [9.17, 15) is 0 Å². The second-order valence-electron chi connectivity index (χ2n) is 6.23. The van der Waals surface area contributed by atoms with Crippen molar-refractivity contribution in [2.45, 2.75) is 12.8 Å². The van der Waals surface area contributed by atoms with E-state index >= 15 is 0 Å². The molecular weight excluding hydrogens is 264 g/mol. The number of hydrogen-bond acceptors (Lipinski definition) is 0. The third-order valence-corrected chi connectivity index (χ3v) is 4.89. The molecule has 0 aromatic heterocycles. The molecule has 0 N–H and O–H groups in total. The fourth-order valence-electron chi connectivity index (χ4n) is 3.75. The molecule has 0 nitrogen and oxygen atoms in total. The number of rotatable bonds is 1. The third kappa shape index (κ3) is 1.70. The molecule has 3 aromatic carbocycles. The Morgan fingerprint density at radius 1 is 0.727 bits per heavy atom. The molecule has 0 saturated carbocycles. The maximum atomic E-state index is 2.39. The van der Waals surface area contributed by atoms with Crippen LogP contribution >= 0.6 is 0 Å². The van der Waals surface area contributed by atoms with Gasteiger partial charge in [0.05, 0.1) is 0 Å². The molecule has 0 aliphatic heterocycles. The molecule has 104 valence electrons. The summed E-state index contributed by atoms with van der Waals surface area (Å²) in [4.78, 5) is 0. The molecule has 3 aromatic rings. The highest BCUT2D eigenvalue weighted by Crippen LogP contribution is 2.40. The number of benzene rings is 3. The maximum absolute atomic E-state index is 2.39. The van der Waals surface area contributed by atoms with Gasteiger partial charge >= 0.3 is 0 Å². The Morgan fingerprint density at radius 3 is 2.36 bits per heavy atom. The van der Waals surface area contributed by atoms with Crippen molar-refractivity contribution < 1.29 is 0 Å². The van der Waals surface area contributed by atoms with Crippen molar-refractivity contribution in [2.75, 3.05) is 0 Å². The molecule has 0 fully saturated rings. The first-order chi connectivity index (χ1) is 10.9. The highest BCUT2D eigenvalue weighted by Gasteiger charge is 2.19. The molecule has 5 rings (SSSR count). The van der Waals surface area contributed by atoms with Gasteiger partial charge in [-0.15, -0.1) is 0 Å². The molecule has 0 heterocycles. The summed E-state index contributed by atoms with van der Waals surface area (Å²) >= 11 is 0. The van der Waals surface area contributed by atoms with E-state index < -0.39 is 0 Å². The van der Waals surface area contributed by atoms with Gasteiger partial charge < -0.3 is 0 Å². The van der Waals surface area contributed by atoms with Crippen molar-refractivity contribution in [1.82, 2.24) is 0 Å². The Labute approximate surface area is 130 Å². The van der Waals surface area contributed by atoms with E-state index in [0.717, 1.165) is 12.8 Å². The van der Waals surface area contributed by atoms with Gasteiger partial charge in [0.2, 0.25) is 0 Å². The van der Waals surface area contributed by atoms with Crippen LogP contribution in [0.1, 0.15) is 23.1 Å². The molecule has 0 heteroatoms. The monoisotopic (exact) mass is 280 g/mol. The van der Waals surface area contributed by atoms with Gasteiger partial charge in [0.15, 0.2) is 0 Å². The topological polar surface area (TPSA) is 0 Å². The molecule has 0 unspecified atom stereocenters. The van der Waals surface area contributed by atoms with Gasteiger partial charge in [-0.3, -0.25) is 0 Å². The van der Waals surface area contributed by atoms with Crippen LogP contribution in [0.2, 0.25) is 0 Å². The van der Waals surface area contributed by atoms with Crippen LogP contribution in [-0.2, 0) is 6.42 Å². The second kappa shape index (κ2) is 4.45. The average molecular weight is 280 g/mol. The lowest BCUT2D eigenvalue weighted by Gasteiger charge is -2.07. The average Bonchev–Trinajstić information content (AvgIpc) is 3.19. The zero-order chi connectivity index (χ0) is 14.5. The van der Waals surface area contributed by atoms with E-state index in [0.29, 0.717) is 0 Å². The molecule has 2 aliphatic carbocycles. The quantitative estimate of drug-likeness (QED) is 0.416. The largest absolute Gasteiger partial charge is 0.0801 e. The Morgan fingerprint density at radius 2 is 1.55 bits per heavy atom. The number of allylic oxidation sites excluding steroid dienone is 4. The van der Waals surface area contributed by atoms with Gasteiger partial charge in [-0.2, -0.15) is 0 Å². The molecular formula is C22H16. The molecule has 0 saturated heterocycles. The lowest BCUT2D eigenvalue weighted by atomic mass is 9.98. The SMILES string of the molecule is C1=CCC(c2ccc3c(c2)Cc2cc4ccccc4cc2-3)=C1. The van der Waals surface area contributed by atoms with Crippen LogP contribution in [0.5, 0.6) is 0 Å². The normalized spacial score (nSPS) is 15.0. The predicted octanol–water partition coefficient (Wildman–Crippen LogP) is 5.75. The Hall–Kier alpha value is -2.60. The summed E-state index contributed by atoms with van der Waals surface area (Å²) in [7, 11) is 0. The molecule has 2 aliphatic rings. The van der Waals surface area contributed by atoms with Crippen molar-refractivity contribution in [3.05, 3.63) is 89.5 Å². The lowest BCUT2D eigenvalue weighted by Crippen LogP contribution is -1.86. The zero-order valence-corrected chi connectivity index (χ0v) is 12.3. The maximum Gasteiger partial charge on any atom is -0.00130 e. The van der Waals surface area contributed by atoms with Gasteiger partial charge in [0.25, 0.3) is 0 Å². The second-order valence-corrected chi connectivity index (χ2v) is 6.23. The van der Waals surface area contributed by atoms with Crippen molar-refractivity contribution in [3.8, 4) is 11.1 Å². The third-order valence-electron chi connectivity index (χ3n) is 4.89. The Balaban J connectivity index is 1.66. The Kier molecular flexibility index (Phi) is 2.42. The van der Waals surface area contributed by atoms with Crippen LogP contribution in [0, 0.1) is 0 Å². The standard InChI is InChI=1S/C22H16/c1-2-6-15(5-1)18-9-10-21-19(12-18)13-20-11-16-7-3-4-8-17(16)14-22(20)21/h1-5,7-12,14H,6,13H2. The van der Waals surface area contributed by atoms with Gasteiger partial charge in [-0.25, -0.2) is 0 Å². The minimum absolute atomic E-state index is 1.06. The van der Waals surface area contributed by atoms with Crippen LogP contribution in [0.15, 0.2) is 72.8 Å². The van der Waals surface area contributed by atoms with Crippen molar-refractivity contribution in [2.24, 2.45) is 0 Å². The van der Waals surface area contributed by atoms with Gasteiger partial charge in [0, 0.05) is 0 Å². The zero-order valence-electron chi connectivity index (χ0n) is 12.3. The molecule has 0 atom stereocenters. The predicted molar refractivity (Wildman–Crippen MR) is 93.9 cm³/mol. The van der Waals surface area contributed by atoms with E-state index in [-0.39, 0.29) is 0 Å². The number of fused-ring (bicyclic) bond motifs is 4. The molecule has 0 spiro atoms. The van der Waals surface area contributed by atoms with Gasteiger partial charge in [-0.1, -0.05) is 66.8 Å². The summed E-state index contributed by atoms with van der Waals surface area (Å²) in [5.74, 6) is 0. The van der Waals surface area contributed by atoms with Gasteiger partial charge in [-0.05, 0) is 63.1 Å². The Bertz CT molecular complexity index is 970. The van der Waals surface area contributed by atoms with Crippen LogP contribution in [-0.4, -0.2) is 0 Å². The van der Waals surface area contributed by atoms with Crippen LogP contribution in [0.4, 0.5) is 0 Å². The molecule has 0 radical (unpaired) electrons. The van der Waals surface area contributed by atoms with E-state index in [1.807, 2.05) is 0 Å². The van der Waals surface area contributed by atoms with E-state index in [4.69, 9.17) is 0 Å². The molecule has 0 amide bonds. The summed E-state index contributed by atoms with van der Waals surface area (Å²) in [5, 5.41) is 2.68. The lowest BCUT2D eigenvalue weighted by molar-refractivity contribution is 1.26. The summed E-state index contributed by atoms with van der Waals surface area (Å²) < 4.78 is 0. The first kappa shape index (κ1) is 12.0. The first-order valence-corrected chi connectivity index (χ1v) is 7.89. The fourth-order valence-corrected chi connectivity index (χ4v) is 3.75. The van der Waals surface area contributed by atoms with Crippen LogP contribution in [0.25, 0.3) is 27.5 Å². The van der Waals surface area contributed by atoms with E-state index in [1.54, 1.807) is 0 Å². The highest BCUT2D eigenvalue weighted by molar-refractivity contribution is 5.92. The van der Waals surface area contributed by atoms with Crippen LogP contribution < -0.4 is 0 Å². The molecule has 22 heavy (non-hydrogen) atoms. The minimum Gasteiger partial charge on any atom is -0.0801 e. The summed E-state index contributed by atoms with van der Waals surface area (Å²) in [6, 6.07) is 20.3. The van der Waals surface area contributed by atoms with Gasteiger partial charge in [0.1, 0.15) is 0 Å².